The molecule has 0 fully saturated rings. The summed E-state index contributed by atoms with van der Waals surface area (Å²) in [6.07, 6.45) is 4.29. The van der Waals surface area contributed by atoms with E-state index in [1.54, 1.807) is 12.4 Å². The van der Waals surface area contributed by atoms with Gasteiger partial charge in [-0.3, -0.25) is 10.4 Å². The number of aromatic nitrogens is 2. The maximum absolute atomic E-state index is 8.91. The van der Waals surface area contributed by atoms with E-state index in [9.17, 15) is 0 Å². The highest BCUT2D eigenvalue weighted by molar-refractivity contribution is 7.77. The summed E-state index contributed by atoms with van der Waals surface area (Å²) in [5.41, 5.74) is 5.61. The van der Waals surface area contributed by atoms with E-state index in [4.69, 9.17) is 10.7 Å². The summed E-state index contributed by atoms with van der Waals surface area (Å²) in [5, 5.41) is 17.7. The number of rotatable bonds is 4. The van der Waals surface area contributed by atoms with Gasteiger partial charge in [0, 0.05) is 24.2 Å². The van der Waals surface area contributed by atoms with Gasteiger partial charge in [0.05, 0.1) is 30.8 Å². The highest BCUT2D eigenvalue weighted by atomic mass is 32.1. The number of amidine groups is 1. The van der Waals surface area contributed by atoms with Gasteiger partial charge in [0.25, 0.3) is 0 Å². The largest absolute Gasteiger partial charge is 0.281 e. The molecule has 0 atom stereocenters. The van der Waals surface area contributed by atoms with E-state index >= 15 is 0 Å². The van der Waals surface area contributed by atoms with Crippen molar-refractivity contribution in [3.63, 3.8) is 0 Å². The molecule has 0 radical (unpaired) electrons. The Morgan fingerprint density at radius 3 is 2.33 bits per heavy atom. The fourth-order valence-corrected chi connectivity index (χ4v) is 2.95. The average molecular weight is 381 g/mol. The van der Waals surface area contributed by atoms with E-state index < -0.39 is 0 Å². The van der Waals surface area contributed by atoms with Gasteiger partial charge in [0.2, 0.25) is 5.04 Å². The lowest BCUT2D eigenvalue weighted by Gasteiger charge is -2.16. The first kappa shape index (κ1) is 20.8. The fourth-order valence-electron chi connectivity index (χ4n) is 2.65. The highest BCUT2D eigenvalue weighted by Gasteiger charge is 2.17. The van der Waals surface area contributed by atoms with E-state index in [1.165, 1.54) is 0 Å². The summed E-state index contributed by atoms with van der Waals surface area (Å²) in [6, 6.07) is 6.33. The number of nitrogens with zero attached hydrogens (tertiary/aromatic N) is 4. The second kappa shape index (κ2) is 8.45. The van der Waals surface area contributed by atoms with Crippen molar-refractivity contribution < 1.29 is 0 Å². The van der Waals surface area contributed by atoms with Crippen LogP contribution in [0.25, 0.3) is 0 Å². The van der Waals surface area contributed by atoms with Crippen LogP contribution in [-0.4, -0.2) is 20.8 Å². The van der Waals surface area contributed by atoms with Gasteiger partial charge in [-0.25, -0.2) is 4.98 Å². The van der Waals surface area contributed by atoms with Gasteiger partial charge in [-0.1, -0.05) is 32.9 Å². The lowest BCUT2D eigenvalue weighted by Crippen LogP contribution is -2.15. The van der Waals surface area contributed by atoms with Crippen molar-refractivity contribution in [2.24, 2.45) is 4.99 Å². The van der Waals surface area contributed by atoms with Crippen LogP contribution in [-0.2, 0) is 30.9 Å². The van der Waals surface area contributed by atoms with Crippen LogP contribution in [0, 0.1) is 30.6 Å². The summed E-state index contributed by atoms with van der Waals surface area (Å²) < 4.78 is 0. The number of nitrogens with one attached hydrogen (secondary N) is 1. The zero-order valence-electron chi connectivity index (χ0n) is 16.5. The molecule has 0 aliphatic carbocycles. The van der Waals surface area contributed by atoms with Crippen LogP contribution < -0.4 is 0 Å². The second-order valence-electron chi connectivity index (χ2n) is 7.66. The van der Waals surface area contributed by atoms with Crippen LogP contribution in [0.15, 0.2) is 29.5 Å². The predicted octanol–water partition coefficient (Wildman–Crippen LogP) is 3.44. The molecule has 2 aromatic rings. The molecule has 140 valence electrons. The molecule has 0 aliphatic heterocycles. The molecule has 0 unspecified atom stereocenters. The number of hydrogen-bond acceptors (Lipinski definition) is 4. The Hall–Kier alpha value is -2.52. The van der Waals surface area contributed by atoms with Crippen molar-refractivity contribution in [1.29, 1.82) is 10.7 Å². The van der Waals surface area contributed by atoms with E-state index in [1.807, 2.05) is 13.8 Å². The first-order valence-electron chi connectivity index (χ1n) is 8.78. The smallest absolute Gasteiger partial charge is 0.224 e. The first-order chi connectivity index (χ1) is 12.6. The van der Waals surface area contributed by atoms with Crippen LogP contribution in [0.3, 0.4) is 0 Å². The molecule has 6 heteroatoms. The molecule has 0 aliphatic rings. The van der Waals surface area contributed by atoms with Crippen molar-refractivity contribution in [3.05, 3.63) is 58.2 Å². The Morgan fingerprint density at radius 1 is 1.15 bits per heavy atom. The number of benzene rings is 1. The summed E-state index contributed by atoms with van der Waals surface area (Å²) in [6.45, 7) is 10.2. The lowest BCUT2D eigenvalue weighted by atomic mass is 9.93. The summed E-state index contributed by atoms with van der Waals surface area (Å²) in [7, 11) is 0. The quantitative estimate of drug-likeness (QED) is 0.501. The summed E-state index contributed by atoms with van der Waals surface area (Å²) in [4.78, 5) is 13.0. The van der Waals surface area contributed by atoms with E-state index in [2.05, 4.69) is 66.6 Å². The summed E-state index contributed by atoms with van der Waals surface area (Å²) in [5.74, 6) is 0.0726. The first-order valence-corrected chi connectivity index (χ1v) is 9.28. The molecule has 2 rings (SSSR count). The van der Waals surface area contributed by atoms with Gasteiger partial charge in [-0.2, -0.15) is 10.3 Å². The van der Waals surface area contributed by atoms with Crippen LogP contribution in [0.5, 0.6) is 0 Å². The van der Waals surface area contributed by atoms with Crippen LogP contribution in [0.4, 0.5) is 0 Å². The molecule has 0 amide bonds. The number of aliphatic imine (C=N–C) groups is 1. The molecule has 1 N–H and O–H groups in total. The van der Waals surface area contributed by atoms with E-state index in [0.717, 1.165) is 27.9 Å². The minimum atomic E-state index is -0.0790. The fraction of sp³-hybridized carbons (Fsp3) is 0.381. The van der Waals surface area contributed by atoms with Crippen LogP contribution in [0.2, 0.25) is 0 Å². The van der Waals surface area contributed by atoms with E-state index in [-0.39, 0.29) is 11.3 Å². The average Bonchev–Trinajstić information content (AvgIpc) is 2.58. The topological polar surface area (TPSA) is 85.8 Å². The lowest BCUT2D eigenvalue weighted by molar-refractivity contribution is 0.565. The predicted molar refractivity (Wildman–Crippen MR) is 114 cm³/mol. The molecule has 27 heavy (non-hydrogen) atoms. The minimum absolute atomic E-state index is 0.0726. The van der Waals surface area contributed by atoms with Gasteiger partial charge < -0.3 is 0 Å². The Balaban J connectivity index is 2.17. The Kier molecular flexibility index (Phi) is 6.50. The Bertz CT molecular complexity index is 915. The second-order valence-corrected chi connectivity index (χ2v) is 8.24. The standard InChI is InChI=1S/C21H25N5S/c1-13-9-16(14(2)8-15(13)6-7-22)10-19(27)26-20(23)17-11-25-18(12-24-17)21(3,4)5/h8-9,11-12H,6,10H2,1-5H3,(H2,23,26,27)/p+1. The third kappa shape index (κ3) is 5.48. The van der Waals surface area contributed by atoms with E-state index in [0.29, 0.717) is 23.6 Å². The molecule has 5 nitrogen and oxygen atoms in total. The van der Waals surface area contributed by atoms with Gasteiger partial charge in [0.15, 0.2) is 5.84 Å². The monoisotopic (exact) mass is 380 g/mol. The SMILES string of the molecule is Cc1cc(CC([SH2+])=NC(=N)c2cnc(C(C)(C)C)cn2)c(C)cc1CC#N. The van der Waals surface area contributed by atoms with Crippen molar-refractivity contribution in [2.45, 2.75) is 52.9 Å². The maximum atomic E-state index is 8.91. The van der Waals surface area contributed by atoms with Crippen molar-refractivity contribution in [3.8, 4) is 6.07 Å². The number of aryl methyl sites for hydroxylation is 2. The number of hydrogen-bond donors (Lipinski definition) is 1. The minimum Gasteiger partial charge on any atom is -0.281 e. The van der Waals surface area contributed by atoms with Gasteiger partial charge in [-0.15, -0.1) is 0 Å². The molecule has 1 aromatic carbocycles. The van der Waals surface area contributed by atoms with Gasteiger partial charge in [0.1, 0.15) is 5.69 Å². The molecular weight excluding hydrogens is 354 g/mol. The van der Waals surface area contributed by atoms with Crippen molar-refractivity contribution in [1.82, 2.24) is 9.97 Å². The zero-order valence-corrected chi connectivity index (χ0v) is 17.5. The van der Waals surface area contributed by atoms with Crippen molar-refractivity contribution in [2.75, 3.05) is 0 Å². The van der Waals surface area contributed by atoms with Gasteiger partial charge in [-0.05, 0) is 36.1 Å². The third-order valence-electron chi connectivity index (χ3n) is 4.33. The van der Waals surface area contributed by atoms with Crippen molar-refractivity contribution >= 4 is 23.5 Å². The molecule has 0 saturated heterocycles. The molecule has 0 spiro atoms. The normalized spacial score (nSPS) is 12.0. The van der Waals surface area contributed by atoms with Crippen LogP contribution in [0.1, 0.15) is 54.4 Å². The molecule has 1 aromatic heterocycles. The number of nitriles is 1. The Morgan fingerprint density at radius 2 is 1.78 bits per heavy atom. The van der Waals surface area contributed by atoms with Gasteiger partial charge >= 0.3 is 0 Å². The van der Waals surface area contributed by atoms with Crippen LogP contribution >= 0.6 is 0 Å². The molecule has 0 saturated carbocycles. The molecule has 0 bridgehead atoms. The third-order valence-corrected chi connectivity index (χ3v) is 4.62. The zero-order chi connectivity index (χ0) is 20.2. The maximum Gasteiger partial charge on any atom is 0.224 e. The molecular formula is C21H26N5S+. The molecule has 1 heterocycles. The summed E-state index contributed by atoms with van der Waals surface area (Å²) >= 11 is 3.53. The highest BCUT2D eigenvalue weighted by Crippen LogP contribution is 2.19. The Labute approximate surface area is 166 Å².